The predicted octanol–water partition coefficient (Wildman–Crippen LogP) is 4.06. The van der Waals surface area contributed by atoms with Gasteiger partial charge >= 0.3 is 0 Å². The molecule has 2 aromatic carbocycles. The van der Waals surface area contributed by atoms with Crippen molar-refractivity contribution in [1.29, 1.82) is 0 Å². The molecule has 1 amide bonds. The highest BCUT2D eigenvalue weighted by molar-refractivity contribution is 6.32. The van der Waals surface area contributed by atoms with Crippen molar-refractivity contribution >= 4 is 34.2 Å². The molecule has 0 bridgehead atoms. The minimum Gasteiger partial charge on any atom is -0.495 e. The van der Waals surface area contributed by atoms with Crippen molar-refractivity contribution in [1.82, 2.24) is 4.90 Å². The third-order valence-electron chi connectivity index (χ3n) is 4.74. The normalized spacial score (nSPS) is 14.7. The molecule has 4 rings (SSSR count). The second-order valence-electron chi connectivity index (χ2n) is 6.24. The van der Waals surface area contributed by atoms with E-state index in [4.69, 9.17) is 20.8 Å². The lowest BCUT2D eigenvalue weighted by molar-refractivity contribution is 0.0747. The number of fused-ring (bicyclic) bond motifs is 1. The van der Waals surface area contributed by atoms with Gasteiger partial charge in [0.25, 0.3) is 5.91 Å². The van der Waals surface area contributed by atoms with E-state index in [1.807, 2.05) is 35.2 Å². The Morgan fingerprint density at radius 2 is 1.88 bits per heavy atom. The van der Waals surface area contributed by atoms with Crippen molar-refractivity contribution in [2.24, 2.45) is 0 Å². The summed E-state index contributed by atoms with van der Waals surface area (Å²) in [7, 11) is 1.67. The molecule has 1 aliphatic heterocycles. The second kappa shape index (κ2) is 6.92. The van der Waals surface area contributed by atoms with Crippen LogP contribution in [-0.2, 0) is 0 Å². The zero-order valence-electron chi connectivity index (χ0n) is 14.4. The minimum atomic E-state index is -0.0490. The molecule has 3 aromatic rings. The van der Waals surface area contributed by atoms with Crippen LogP contribution in [0.2, 0.25) is 5.02 Å². The summed E-state index contributed by atoms with van der Waals surface area (Å²) < 4.78 is 10.9. The highest BCUT2D eigenvalue weighted by Gasteiger charge is 2.25. The Bertz CT molecular complexity index is 945. The third-order valence-corrected chi connectivity index (χ3v) is 4.96. The monoisotopic (exact) mass is 370 g/mol. The molecule has 0 saturated carbocycles. The summed E-state index contributed by atoms with van der Waals surface area (Å²) in [6.07, 6.45) is 1.58. The molecule has 0 aliphatic carbocycles. The molecule has 0 N–H and O–H groups in total. The number of ether oxygens (including phenoxy) is 1. The van der Waals surface area contributed by atoms with Gasteiger partial charge in [0, 0.05) is 36.6 Å². The summed E-state index contributed by atoms with van der Waals surface area (Å²) in [6, 6.07) is 13.2. The maximum Gasteiger partial charge on any atom is 0.257 e. The number of rotatable bonds is 3. The molecule has 1 aromatic heterocycles. The molecular weight excluding hydrogens is 352 g/mol. The fourth-order valence-electron chi connectivity index (χ4n) is 3.42. The topological polar surface area (TPSA) is 45.9 Å². The number of carbonyl (C=O) groups excluding carboxylic acids is 1. The zero-order chi connectivity index (χ0) is 18.1. The van der Waals surface area contributed by atoms with Gasteiger partial charge in [-0.1, -0.05) is 23.7 Å². The summed E-state index contributed by atoms with van der Waals surface area (Å²) in [5, 5.41) is 1.38. The molecule has 26 heavy (non-hydrogen) atoms. The number of hydrogen-bond acceptors (Lipinski definition) is 4. The van der Waals surface area contributed by atoms with Gasteiger partial charge in [-0.05, 0) is 30.3 Å². The summed E-state index contributed by atoms with van der Waals surface area (Å²) in [6.45, 7) is 2.75. The number of hydrogen-bond donors (Lipinski definition) is 0. The van der Waals surface area contributed by atoms with E-state index in [1.165, 1.54) is 0 Å². The van der Waals surface area contributed by atoms with Gasteiger partial charge in [0.2, 0.25) is 0 Å². The van der Waals surface area contributed by atoms with Crippen molar-refractivity contribution in [3.05, 3.63) is 59.3 Å². The lowest BCUT2D eigenvalue weighted by atomic mass is 10.1. The first kappa shape index (κ1) is 16.8. The first-order valence-corrected chi connectivity index (χ1v) is 8.89. The zero-order valence-corrected chi connectivity index (χ0v) is 15.2. The smallest absolute Gasteiger partial charge is 0.257 e. The lowest BCUT2D eigenvalue weighted by Crippen LogP contribution is -2.48. The van der Waals surface area contributed by atoms with Crippen LogP contribution in [0.25, 0.3) is 11.0 Å². The number of para-hydroxylation sites is 2. The number of methoxy groups -OCH3 is 1. The van der Waals surface area contributed by atoms with Crippen LogP contribution in [-0.4, -0.2) is 44.1 Å². The average molecular weight is 371 g/mol. The van der Waals surface area contributed by atoms with Crippen LogP contribution in [0, 0.1) is 0 Å². The highest BCUT2D eigenvalue weighted by Crippen LogP contribution is 2.30. The third kappa shape index (κ3) is 2.99. The molecule has 134 valence electrons. The van der Waals surface area contributed by atoms with Crippen molar-refractivity contribution < 1.29 is 13.9 Å². The van der Waals surface area contributed by atoms with E-state index in [2.05, 4.69) is 4.90 Å². The van der Waals surface area contributed by atoms with E-state index >= 15 is 0 Å². The van der Waals surface area contributed by atoms with Gasteiger partial charge in [-0.2, -0.15) is 0 Å². The van der Waals surface area contributed by atoms with Crippen molar-refractivity contribution in [2.75, 3.05) is 38.2 Å². The Morgan fingerprint density at radius 3 is 2.65 bits per heavy atom. The number of nitrogens with zero attached hydrogens (tertiary/aromatic N) is 2. The van der Waals surface area contributed by atoms with E-state index in [0.717, 1.165) is 29.9 Å². The lowest BCUT2D eigenvalue weighted by Gasteiger charge is -2.36. The maximum absolute atomic E-state index is 13.0. The Kier molecular flexibility index (Phi) is 4.47. The number of halogens is 1. The summed E-state index contributed by atoms with van der Waals surface area (Å²) in [4.78, 5) is 17.1. The fraction of sp³-hybridized carbons (Fsp3) is 0.250. The van der Waals surface area contributed by atoms with Gasteiger partial charge in [-0.15, -0.1) is 0 Å². The van der Waals surface area contributed by atoms with Gasteiger partial charge in [-0.3, -0.25) is 4.79 Å². The van der Waals surface area contributed by atoms with E-state index in [0.29, 0.717) is 29.3 Å². The predicted molar refractivity (Wildman–Crippen MR) is 102 cm³/mol. The van der Waals surface area contributed by atoms with Crippen LogP contribution >= 0.6 is 11.6 Å². The first-order valence-electron chi connectivity index (χ1n) is 8.51. The Hall–Kier alpha value is -2.66. The Morgan fingerprint density at radius 1 is 1.12 bits per heavy atom. The first-order chi connectivity index (χ1) is 12.7. The van der Waals surface area contributed by atoms with Gasteiger partial charge < -0.3 is 19.0 Å². The maximum atomic E-state index is 13.0. The van der Waals surface area contributed by atoms with E-state index in [-0.39, 0.29) is 5.91 Å². The van der Waals surface area contributed by atoms with E-state index < -0.39 is 0 Å². The van der Waals surface area contributed by atoms with E-state index in [1.54, 1.807) is 25.5 Å². The molecule has 6 heteroatoms. The number of carbonyl (C=O) groups is 1. The van der Waals surface area contributed by atoms with Crippen LogP contribution < -0.4 is 9.64 Å². The van der Waals surface area contributed by atoms with E-state index in [9.17, 15) is 4.79 Å². The molecule has 1 fully saturated rings. The van der Waals surface area contributed by atoms with Crippen molar-refractivity contribution in [3.63, 3.8) is 0 Å². The van der Waals surface area contributed by atoms with Gasteiger partial charge in [-0.25, -0.2) is 0 Å². The largest absolute Gasteiger partial charge is 0.495 e. The number of furan rings is 1. The number of amides is 1. The molecule has 0 unspecified atom stereocenters. The number of benzene rings is 2. The van der Waals surface area contributed by atoms with Gasteiger partial charge in [0.15, 0.2) is 0 Å². The second-order valence-corrected chi connectivity index (χ2v) is 6.68. The molecule has 0 atom stereocenters. The molecular formula is C20H19ClN2O3. The molecule has 0 spiro atoms. The molecule has 5 nitrogen and oxygen atoms in total. The fourth-order valence-corrected chi connectivity index (χ4v) is 3.64. The minimum absolute atomic E-state index is 0.0490. The van der Waals surface area contributed by atoms with Crippen LogP contribution in [0.4, 0.5) is 5.69 Å². The summed E-state index contributed by atoms with van der Waals surface area (Å²) >= 11 is 6.17. The van der Waals surface area contributed by atoms with Gasteiger partial charge in [0.05, 0.1) is 24.6 Å². The number of piperazine rings is 1. The van der Waals surface area contributed by atoms with Gasteiger partial charge in [0.1, 0.15) is 11.3 Å². The van der Waals surface area contributed by atoms with Crippen molar-refractivity contribution in [2.45, 2.75) is 0 Å². The molecule has 1 aliphatic rings. The summed E-state index contributed by atoms with van der Waals surface area (Å²) in [5.74, 6) is 0.798. The SMILES string of the molecule is COc1ccccc1N1CCN(C(=O)c2cc(Cl)cc3ccoc23)CC1. The Balaban J connectivity index is 1.52. The average Bonchev–Trinajstić information content (AvgIpc) is 3.15. The molecule has 0 radical (unpaired) electrons. The summed E-state index contributed by atoms with van der Waals surface area (Å²) in [5.41, 5.74) is 2.16. The standard InChI is InChI=1S/C20H19ClN2O3/c1-25-18-5-3-2-4-17(18)22-7-9-23(10-8-22)20(24)16-13-15(21)12-14-6-11-26-19(14)16/h2-6,11-13H,7-10H2,1H3. The highest BCUT2D eigenvalue weighted by atomic mass is 35.5. The molecule has 1 saturated heterocycles. The van der Waals surface area contributed by atoms with Crippen LogP contribution in [0.15, 0.2) is 53.1 Å². The Labute approximate surface area is 156 Å². The van der Waals surface area contributed by atoms with Crippen LogP contribution in [0.3, 0.4) is 0 Å². The van der Waals surface area contributed by atoms with Crippen molar-refractivity contribution in [3.8, 4) is 5.75 Å². The molecule has 2 heterocycles. The quantitative estimate of drug-likeness (QED) is 0.697. The van der Waals surface area contributed by atoms with Crippen LogP contribution in [0.5, 0.6) is 5.75 Å². The number of anilines is 1. The van der Waals surface area contributed by atoms with Crippen LogP contribution in [0.1, 0.15) is 10.4 Å².